The van der Waals surface area contributed by atoms with Crippen LogP contribution in [0.15, 0.2) is 28.7 Å². The minimum atomic E-state index is -1.02. The summed E-state index contributed by atoms with van der Waals surface area (Å²) in [5.74, 6) is -1.09. The molecular formula is C18H21N3O5. The Balaban J connectivity index is 1.37. The SMILES string of the molecule is O=C(O)[C@H]1CN(C(=O)C2CCN(c3nc4ccccc4o3)CC2)CCO1. The van der Waals surface area contributed by atoms with Crippen LogP contribution in [0, 0.1) is 5.92 Å². The molecular weight excluding hydrogens is 338 g/mol. The van der Waals surface area contributed by atoms with Crippen LogP contribution in [0.5, 0.6) is 0 Å². The number of rotatable bonds is 3. The molecule has 1 aromatic carbocycles. The van der Waals surface area contributed by atoms with Crippen LogP contribution in [0.2, 0.25) is 0 Å². The molecule has 8 nitrogen and oxygen atoms in total. The minimum absolute atomic E-state index is 0.0248. The van der Waals surface area contributed by atoms with E-state index in [0.29, 0.717) is 38.5 Å². The number of ether oxygens (including phenoxy) is 1. The van der Waals surface area contributed by atoms with Crippen LogP contribution in [-0.2, 0) is 14.3 Å². The van der Waals surface area contributed by atoms with Crippen LogP contribution in [0.25, 0.3) is 11.1 Å². The average molecular weight is 359 g/mol. The molecule has 26 heavy (non-hydrogen) atoms. The van der Waals surface area contributed by atoms with Crippen molar-refractivity contribution in [2.45, 2.75) is 18.9 Å². The minimum Gasteiger partial charge on any atom is -0.479 e. The zero-order valence-electron chi connectivity index (χ0n) is 14.3. The normalized spacial score (nSPS) is 21.9. The molecule has 2 fully saturated rings. The Morgan fingerprint density at radius 2 is 1.92 bits per heavy atom. The highest BCUT2D eigenvalue weighted by atomic mass is 16.5. The number of hydrogen-bond donors (Lipinski definition) is 1. The van der Waals surface area contributed by atoms with Gasteiger partial charge >= 0.3 is 5.97 Å². The standard InChI is InChI=1S/C18H21N3O5/c22-16(21-9-10-25-15(11-21)17(23)24)12-5-7-20(8-6-12)18-19-13-3-1-2-4-14(13)26-18/h1-4,12,15H,5-11H2,(H,23,24)/t15-/m1/s1. The molecule has 0 unspecified atom stereocenters. The van der Waals surface area contributed by atoms with E-state index in [2.05, 4.69) is 9.88 Å². The number of fused-ring (bicyclic) bond motifs is 1. The summed E-state index contributed by atoms with van der Waals surface area (Å²) in [5, 5.41) is 9.08. The summed E-state index contributed by atoms with van der Waals surface area (Å²) in [6.07, 6.45) is 0.479. The summed E-state index contributed by atoms with van der Waals surface area (Å²) in [6, 6.07) is 8.23. The molecule has 1 amide bonds. The van der Waals surface area contributed by atoms with Gasteiger partial charge in [-0.1, -0.05) is 12.1 Å². The monoisotopic (exact) mass is 359 g/mol. The zero-order chi connectivity index (χ0) is 18.1. The fourth-order valence-corrected chi connectivity index (χ4v) is 3.57. The van der Waals surface area contributed by atoms with Gasteiger partial charge in [-0.25, -0.2) is 4.79 Å². The summed E-state index contributed by atoms with van der Waals surface area (Å²) < 4.78 is 11.0. The van der Waals surface area contributed by atoms with E-state index in [1.807, 2.05) is 24.3 Å². The lowest BCUT2D eigenvalue weighted by atomic mass is 9.95. The Kier molecular flexibility index (Phi) is 4.50. The van der Waals surface area contributed by atoms with Crippen molar-refractivity contribution in [2.24, 2.45) is 5.92 Å². The van der Waals surface area contributed by atoms with Gasteiger partial charge in [-0.15, -0.1) is 0 Å². The zero-order valence-corrected chi connectivity index (χ0v) is 14.3. The van der Waals surface area contributed by atoms with E-state index in [9.17, 15) is 9.59 Å². The first kappa shape index (κ1) is 16.8. The molecule has 4 rings (SSSR count). The van der Waals surface area contributed by atoms with Gasteiger partial charge in [0.2, 0.25) is 5.91 Å². The molecule has 1 aromatic heterocycles. The van der Waals surface area contributed by atoms with Gasteiger partial charge in [-0.05, 0) is 25.0 Å². The maximum Gasteiger partial charge on any atom is 0.334 e. The molecule has 0 aliphatic carbocycles. The smallest absolute Gasteiger partial charge is 0.334 e. The van der Waals surface area contributed by atoms with Gasteiger partial charge in [-0.3, -0.25) is 4.79 Å². The molecule has 2 aromatic rings. The number of carboxylic acids is 1. The highest BCUT2D eigenvalue weighted by molar-refractivity contribution is 5.81. The van der Waals surface area contributed by atoms with E-state index < -0.39 is 12.1 Å². The van der Waals surface area contributed by atoms with Crippen LogP contribution in [0.1, 0.15) is 12.8 Å². The Labute approximate surface area is 150 Å². The Morgan fingerprint density at radius 1 is 1.15 bits per heavy atom. The summed E-state index contributed by atoms with van der Waals surface area (Å²) in [5.41, 5.74) is 1.59. The lowest BCUT2D eigenvalue weighted by Crippen LogP contribution is -2.51. The molecule has 2 aliphatic rings. The largest absolute Gasteiger partial charge is 0.479 e. The number of nitrogens with zero attached hydrogens (tertiary/aromatic N) is 3. The van der Waals surface area contributed by atoms with Gasteiger partial charge in [0.1, 0.15) is 5.52 Å². The number of benzene rings is 1. The number of aliphatic carboxylic acids is 1. The highest BCUT2D eigenvalue weighted by Crippen LogP contribution is 2.27. The van der Waals surface area contributed by atoms with Crippen molar-refractivity contribution in [3.63, 3.8) is 0 Å². The number of piperidine rings is 1. The number of anilines is 1. The molecule has 0 spiro atoms. The van der Waals surface area contributed by atoms with E-state index in [0.717, 1.165) is 11.1 Å². The number of morpholine rings is 1. The van der Waals surface area contributed by atoms with Gasteiger partial charge < -0.3 is 24.1 Å². The Hall–Kier alpha value is -2.61. The molecule has 0 saturated carbocycles. The van der Waals surface area contributed by atoms with Crippen molar-refractivity contribution in [1.82, 2.24) is 9.88 Å². The van der Waals surface area contributed by atoms with Crippen molar-refractivity contribution >= 4 is 29.0 Å². The maximum absolute atomic E-state index is 12.7. The Bertz CT molecular complexity index is 779. The summed E-state index contributed by atoms with van der Waals surface area (Å²) in [7, 11) is 0. The van der Waals surface area contributed by atoms with Crippen LogP contribution < -0.4 is 4.90 Å². The molecule has 8 heteroatoms. The quantitative estimate of drug-likeness (QED) is 0.884. The van der Waals surface area contributed by atoms with Gasteiger partial charge in [0, 0.05) is 25.6 Å². The van der Waals surface area contributed by atoms with Gasteiger partial charge in [0.05, 0.1) is 13.2 Å². The van der Waals surface area contributed by atoms with Gasteiger partial charge in [0.25, 0.3) is 6.01 Å². The van der Waals surface area contributed by atoms with Crippen molar-refractivity contribution in [3.05, 3.63) is 24.3 Å². The molecule has 3 heterocycles. The van der Waals surface area contributed by atoms with Crippen molar-refractivity contribution in [3.8, 4) is 0 Å². The number of oxazole rings is 1. The van der Waals surface area contributed by atoms with Crippen molar-refractivity contribution in [2.75, 3.05) is 37.7 Å². The third kappa shape index (κ3) is 3.24. The summed E-state index contributed by atoms with van der Waals surface area (Å²) in [4.78, 5) is 32.0. The van der Waals surface area contributed by atoms with E-state index in [1.165, 1.54) is 0 Å². The number of para-hydroxylation sites is 2. The topological polar surface area (TPSA) is 96.1 Å². The average Bonchev–Trinajstić information content (AvgIpc) is 3.12. The van der Waals surface area contributed by atoms with E-state index in [-0.39, 0.29) is 25.0 Å². The molecule has 138 valence electrons. The number of aromatic nitrogens is 1. The fraction of sp³-hybridized carbons (Fsp3) is 0.500. The predicted octanol–water partition coefficient (Wildman–Crippen LogP) is 1.36. The maximum atomic E-state index is 12.7. The molecule has 1 atom stereocenters. The molecule has 1 N–H and O–H groups in total. The second-order valence-electron chi connectivity index (χ2n) is 6.71. The molecule has 0 bridgehead atoms. The fourth-order valence-electron chi connectivity index (χ4n) is 3.57. The molecule has 2 saturated heterocycles. The van der Waals surface area contributed by atoms with Crippen LogP contribution >= 0.6 is 0 Å². The molecule has 0 radical (unpaired) electrons. The third-order valence-corrected chi connectivity index (χ3v) is 5.05. The van der Waals surface area contributed by atoms with E-state index in [4.69, 9.17) is 14.3 Å². The van der Waals surface area contributed by atoms with Crippen molar-refractivity contribution < 1.29 is 23.8 Å². The lowest BCUT2D eigenvalue weighted by molar-refractivity contribution is -0.160. The summed E-state index contributed by atoms with van der Waals surface area (Å²) >= 11 is 0. The predicted molar refractivity (Wildman–Crippen MR) is 92.9 cm³/mol. The first-order chi connectivity index (χ1) is 12.6. The first-order valence-corrected chi connectivity index (χ1v) is 8.85. The second-order valence-corrected chi connectivity index (χ2v) is 6.71. The van der Waals surface area contributed by atoms with Crippen LogP contribution in [-0.4, -0.2) is 65.8 Å². The number of carbonyl (C=O) groups is 2. The van der Waals surface area contributed by atoms with Crippen molar-refractivity contribution in [1.29, 1.82) is 0 Å². The van der Waals surface area contributed by atoms with E-state index >= 15 is 0 Å². The lowest BCUT2D eigenvalue weighted by Gasteiger charge is -2.36. The number of carboxylic acid groups (broad SMARTS) is 1. The molecule has 2 aliphatic heterocycles. The van der Waals surface area contributed by atoms with Gasteiger partial charge in [-0.2, -0.15) is 4.98 Å². The van der Waals surface area contributed by atoms with Crippen LogP contribution in [0.4, 0.5) is 6.01 Å². The van der Waals surface area contributed by atoms with Gasteiger partial charge in [0.15, 0.2) is 11.7 Å². The number of carbonyl (C=O) groups excluding carboxylic acids is 1. The highest BCUT2D eigenvalue weighted by Gasteiger charge is 2.34. The summed E-state index contributed by atoms with van der Waals surface area (Å²) in [6.45, 7) is 2.23. The van der Waals surface area contributed by atoms with Crippen LogP contribution in [0.3, 0.4) is 0 Å². The van der Waals surface area contributed by atoms with E-state index in [1.54, 1.807) is 4.90 Å². The first-order valence-electron chi connectivity index (χ1n) is 8.85. The number of amides is 1. The Morgan fingerprint density at radius 3 is 2.65 bits per heavy atom. The number of hydrogen-bond acceptors (Lipinski definition) is 6. The third-order valence-electron chi connectivity index (χ3n) is 5.05. The second kappa shape index (κ2) is 6.95.